The topological polar surface area (TPSA) is 34.1 Å². The third-order valence-corrected chi connectivity index (χ3v) is 6.24. The molecular weight excluding hydrogens is 324 g/mol. The zero-order valence-electron chi connectivity index (χ0n) is 9.27. The molecule has 1 saturated heterocycles. The van der Waals surface area contributed by atoms with Crippen LogP contribution in [0.2, 0.25) is 5.02 Å². The maximum absolute atomic E-state index is 11.4. The predicted octanol–water partition coefficient (Wildman–Crippen LogP) is 3.08. The molecule has 0 amide bonds. The summed E-state index contributed by atoms with van der Waals surface area (Å²) in [6, 6.07) is 7.70. The average molecular weight is 338 g/mol. The molecule has 1 aromatic rings. The molecule has 2 atom stereocenters. The molecule has 2 nitrogen and oxygen atoms in total. The lowest BCUT2D eigenvalue weighted by atomic mass is 9.99. The van der Waals surface area contributed by atoms with Gasteiger partial charge in [0.05, 0.1) is 11.5 Å². The van der Waals surface area contributed by atoms with Crippen molar-refractivity contribution < 1.29 is 8.42 Å². The first kappa shape index (κ1) is 13.4. The van der Waals surface area contributed by atoms with Crippen LogP contribution in [0.1, 0.15) is 12.0 Å². The van der Waals surface area contributed by atoms with Crippen LogP contribution in [0, 0.1) is 5.92 Å². The van der Waals surface area contributed by atoms with E-state index in [0.717, 1.165) is 17.9 Å². The summed E-state index contributed by atoms with van der Waals surface area (Å²) in [6.45, 7) is 0. The molecule has 2 rings (SSSR count). The van der Waals surface area contributed by atoms with Crippen LogP contribution in [-0.4, -0.2) is 24.8 Å². The molecule has 1 aromatic carbocycles. The van der Waals surface area contributed by atoms with E-state index in [0.29, 0.717) is 11.5 Å². The van der Waals surface area contributed by atoms with E-state index in [-0.39, 0.29) is 10.7 Å². The van der Waals surface area contributed by atoms with Crippen molar-refractivity contribution in [3.05, 3.63) is 34.9 Å². The smallest absolute Gasteiger partial charge is 0.150 e. The average Bonchev–Trinajstić information content (AvgIpc) is 2.62. The molecule has 5 heteroatoms. The molecule has 2 unspecified atom stereocenters. The van der Waals surface area contributed by atoms with E-state index in [1.165, 1.54) is 5.56 Å². The molecule has 0 saturated carbocycles. The summed E-state index contributed by atoms with van der Waals surface area (Å²) in [7, 11) is -2.79. The van der Waals surface area contributed by atoms with Gasteiger partial charge in [0, 0.05) is 9.85 Å². The zero-order chi connectivity index (χ0) is 12.5. The van der Waals surface area contributed by atoms with Gasteiger partial charge in [0.1, 0.15) is 0 Å². The van der Waals surface area contributed by atoms with E-state index < -0.39 is 9.84 Å². The molecule has 94 valence electrons. The van der Waals surface area contributed by atoms with Crippen molar-refractivity contribution in [1.82, 2.24) is 0 Å². The third-order valence-electron chi connectivity index (χ3n) is 3.12. The molecule has 0 radical (unpaired) electrons. The van der Waals surface area contributed by atoms with Crippen molar-refractivity contribution in [1.29, 1.82) is 0 Å². The van der Waals surface area contributed by atoms with Crippen molar-refractivity contribution in [3.63, 3.8) is 0 Å². The normalized spacial score (nSPS) is 24.7. The first-order valence-corrected chi connectivity index (χ1v) is 8.67. The Labute approximate surface area is 115 Å². The van der Waals surface area contributed by atoms with Gasteiger partial charge in [-0.25, -0.2) is 8.42 Å². The van der Waals surface area contributed by atoms with E-state index in [9.17, 15) is 8.42 Å². The molecule has 0 bridgehead atoms. The van der Waals surface area contributed by atoms with E-state index >= 15 is 0 Å². The summed E-state index contributed by atoms with van der Waals surface area (Å²) in [5, 5.41) is 0.725. The lowest BCUT2D eigenvalue weighted by Crippen LogP contribution is -2.18. The Kier molecular flexibility index (Phi) is 4.16. The second kappa shape index (κ2) is 5.29. The first-order valence-electron chi connectivity index (χ1n) is 5.55. The highest BCUT2D eigenvalue weighted by Crippen LogP contribution is 2.28. The lowest BCUT2D eigenvalue weighted by Gasteiger charge is -2.15. The fraction of sp³-hybridized carbons (Fsp3) is 0.500. The van der Waals surface area contributed by atoms with Crippen LogP contribution in [0.25, 0.3) is 0 Å². The Bertz CT molecular complexity index is 484. The molecular formula is C12H14BrClO2S. The van der Waals surface area contributed by atoms with Crippen LogP contribution in [0.4, 0.5) is 0 Å². The van der Waals surface area contributed by atoms with Gasteiger partial charge in [0.2, 0.25) is 0 Å². The van der Waals surface area contributed by atoms with Gasteiger partial charge in [-0.05, 0) is 36.5 Å². The number of halogens is 2. The standard InChI is InChI=1S/C12H14BrClO2S/c13-12(10-5-6-17(15,16)8-10)7-9-1-3-11(14)4-2-9/h1-4,10,12H,5-8H2. The number of sulfone groups is 1. The Morgan fingerprint density at radius 3 is 2.53 bits per heavy atom. The fourth-order valence-corrected chi connectivity index (χ4v) is 5.20. The molecule has 17 heavy (non-hydrogen) atoms. The first-order chi connectivity index (χ1) is 7.96. The van der Waals surface area contributed by atoms with Crippen LogP contribution in [-0.2, 0) is 16.3 Å². The van der Waals surface area contributed by atoms with Crippen LogP contribution in [0.3, 0.4) is 0 Å². The van der Waals surface area contributed by atoms with Gasteiger partial charge < -0.3 is 0 Å². The Morgan fingerprint density at radius 2 is 2.00 bits per heavy atom. The van der Waals surface area contributed by atoms with Crippen molar-refractivity contribution in [2.45, 2.75) is 17.7 Å². The summed E-state index contributed by atoms with van der Waals surface area (Å²) in [5.41, 5.74) is 1.18. The van der Waals surface area contributed by atoms with Crippen molar-refractivity contribution in [2.24, 2.45) is 5.92 Å². The van der Waals surface area contributed by atoms with E-state index in [1.807, 2.05) is 24.3 Å². The van der Waals surface area contributed by atoms with E-state index in [1.54, 1.807) is 0 Å². The van der Waals surface area contributed by atoms with Gasteiger partial charge in [-0.2, -0.15) is 0 Å². The van der Waals surface area contributed by atoms with E-state index in [2.05, 4.69) is 15.9 Å². The molecule has 1 heterocycles. The van der Waals surface area contributed by atoms with Crippen molar-refractivity contribution in [3.8, 4) is 0 Å². The molecule has 1 aliphatic heterocycles. The van der Waals surface area contributed by atoms with Gasteiger partial charge in [-0.3, -0.25) is 0 Å². The zero-order valence-corrected chi connectivity index (χ0v) is 12.4. The summed E-state index contributed by atoms with van der Waals surface area (Å²) >= 11 is 9.44. The fourth-order valence-electron chi connectivity index (χ4n) is 2.12. The summed E-state index contributed by atoms with van der Waals surface area (Å²) in [4.78, 5) is 0.223. The van der Waals surface area contributed by atoms with Gasteiger partial charge in [0.25, 0.3) is 0 Å². The monoisotopic (exact) mass is 336 g/mol. The Hall–Kier alpha value is -0.0600. The van der Waals surface area contributed by atoms with Crippen LogP contribution < -0.4 is 0 Å². The minimum Gasteiger partial charge on any atom is -0.229 e. The van der Waals surface area contributed by atoms with E-state index in [4.69, 9.17) is 11.6 Å². The van der Waals surface area contributed by atoms with Crippen molar-refractivity contribution >= 4 is 37.4 Å². The number of hydrogen-bond donors (Lipinski definition) is 0. The second-order valence-electron chi connectivity index (χ2n) is 4.51. The van der Waals surface area contributed by atoms with Crippen LogP contribution in [0.5, 0.6) is 0 Å². The summed E-state index contributed by atoms with van der Waals surface area (Å²) in [5.74, 6) is 0.882. The molecule has 0 spiro atoms. The number of hydrogen-bond acceptors (Lipinski definition) is 2. The predicted molar refractivity (Wildman–Crippen MR) is 74.6 cm³/mol. The molecule has 1 fully saturated rings. The van der Waals surface area contributed by atoms with Gasteiger partial charge in [0.15, 0.2) is 9.84 Å². The summed E-state index contributed by atoms with van der Waals surface area (Å²) in [6.07, 6.45) is 1.61. The SMILES string of the molecule is O=S1(=O)CCC(C(Br)Cc2ccc(Cl)cc2)C1. The van der Waals surface area contributed by atoms with Gasteiger partial charge >= 0.3 is 0 Å². The highest BCUT2D eigenvalue weighted by molar-refractivity contribution is 9.09. The maximum Gasteiger partial charge on any atom is 0.150 e. The number of rotatable bonds is 3. The number of benzene rings is 1. The second-order valence-corrected chi connectivity index (χ2v) is 8.35. The highest BCUT2D eigenvalue weighted by atomic mass is 79.9. The Balaban J connectivity index is 1.98. The quantitative estimate of drug-likeness (QED) is 0.794. The van der Waals surface area contributed by atoms with Gasteiger partial charge in [-0.1, -0.05) is 39.7 Å². The molecule has 0 aliphatic carbocycles. The largest absolute Gasteiger partial charge is 0.229 e. The van der Waals surface area contributed by atoms with Crippen LogP contribution >= 0.6 is 27.5 Å². The minimum atomic E-state index is -2.79. The van der Waals surface area contributed by atoms with Gasteiger partial charge in [-0.15, -0.1) is 0 Å². The lowest BCUT2D eigenvalue weighted by molar-refractivity contribution is 0.563. The minimum absolute atomic E-state index is 0.223. The highest BCUT2D eigenvalue weighted by Gasteiger charge is 2.32. The third kappa shape index (κ3) is 3.70. The summed E-state index contributed by atoms with van der Waals surface area (Å²) < 4.78 is 22.8. The number of alkyl halides is 1. The van der Waals surface area contributed by atoms with Crippen molar-refractivity contribution in [2.75, 3.05) is 11.5 Å². The maximum atomic E-state index is 11.4. The molecule has 0 N–H and O–H groups in total. The Morgan fingerprint density at radius 1 is 1.35 bits per heavy atom. The molecule has 1 aliphatic rings. The van der Waals surface area contributed by atoms with Crippen LogP contribution in [0.15, 0.2) is 24.3 Å². The molecule has 0 aromatic heterocycles.